The van der Waals surface area contributed by atoms with Crippen molar-refractivity contribution in [1.82, 2.24) is 0 Å². The Bertz CT molecular complexity index is 3050. The van der Waals surface area contributed by atoms with Crippen molar-refractivity contribution in [1.29, 1.82) is 0 Å². The summed E-state index contributed by atoms with van der Waals surface area (Å²) in [5.41, 5.74) is 2.99. The van der Waals surface area contributed by atoms with Gasteiger partial charge in [-0.2, -0.15) is 0 Å². The quantitative estimate of drug-likeness (QED) is 0.0250. The molecule has 84 heavy (non-hydrogen) atoms. The molecule has 9 rings (SSSR count). The van der Waals surface area contributed by atoms with E-state index in [9.17, 15) is 39.6 Å². The number of ether oxygens (including phenoxy) is 4. The molecule has 1 aliphatic rings. The van der Waals surface area contributed by atoms with Crippen LogP contribution in [0.5, 0.6) is 46.0 Å². The number of hydrogen-bond acceptors (Lipinski definition) is 16. The van der Waals surface area contributed by atoms with Crippen molar-refractivity contribution < 1.29 is 76.2 Å². The van der Waals surface area contributed by atoms with Gasteiger partial charge in [0, 0.05) is 92.4 Å². The highest BCUT2D eigenvalue weighted by Crippen LogP contribution is 2.53. The van der Waals surface area contributed by atoms with Crippen molar-refractivity contribution in [3.63, 3.8) is 0 Å². The largest absolute Gasteiger partial charge is 0.508 e. The Morgan fingerprint density at radius 2 is 0.560 bits per heavy atom. The zero-order chi connectivity index (χ0) is 59.3. The van der Waals surface area contributed by atoms with E-state index in [0.717, 1.165) is 51.4 Å². The Hall–Kier alpha value is -8.92. The molecule has 0 spiro atoms. The van der Waals surface area contributed by atoms with Gasteiger partial charge in [-0.15, -0.1) is 0 Å². The minimum Gasteiger partial charge on any atom is -0.508 e. The number of benzene rings is 4. The van der Waals surface area contributed by atoms with Crippen LogP contribution in [0.3, 0.4) is 0 Å². The molecule has 8 aromatic rings. The summed E-state index contributed by atoms with van der Waals surface area (Å²) in [4.78, 5) is 57.0. The number of esters is 4. The van der Waals surface area contributed by atoms with E-state index >= 15 is 0 Å². The fraction of sp³-hybridized carbons (Fsp3) is 0.353. The second-order valence-corrected chi connectivity index (χ2v) is 21.5. The molecule has 1 aliphatic carbocycles. The molecule has 0 radical (unpaired) electrons. The van der Waals surface area contributed by atoms with Crippen LogP contribution in [-0.4, -0.2) is 44.3 Å². The Labute approximate surface area is 487 Å². The standard InChI is InChI=1S/C68H72O16/c1-5-9-13-21-41-45-33-46(54(70)37-53(45)69)42(22-14-10-6-2)51-36-52(64(84-68(76)60-28-20-32-80-60)40-63(51)83-67(75)59-27-19-31-79-59)44(24-16-12-8-4)48-34-47(55(71)38-56(48)72)43(23-15-11-7-3)50-35-49(41)61(81-65(73)57-25-17-29-77-57)39-62(50)82-66(74)58-26-18-30-78-58/h17-20,25-44,69-72H,5-16,21-24H2,1-4H3. The monoisotopic (exact) mass is 1140 g/mol. The van der Waals surface area contributed by atoms with Crippen LogP contribution in [-0.2, 0) is 0 Å². The molecule has 4 atom stereocenters. The van der Waals surface area contributed by atoms with Gasteiger partial charge in [0.1, 0.15) is 46.0 Å². The number of hydrogen-bond donors (Lipinski definition) is 4. The number of rotatable bonds is 24. The lowest BCUT2D eigenvalue weighted by Gasteiger charge is -2.30. The highest BCUT2D eigenvalue weighted by atomic mass is 16.6. The predicted octanol–water partition coefficient (Wildman–Crippen LogP) is 16.9. The van der Waals surface area contributed by atoms with Crippen LogP contribution in [0.1, 0.15) is 241 Å². The highest BCUT2D eigenvalue weighted by Gasteiger charge is 2.36. The van der Waals surface area contributed by atoms with Gasteiger partial charge >= 0.3 is 23.9 Å². The summed E-state index contributed by atoms with van der Waals surface area (Å²) in [5, 5.41) is 49.8. The highest BCUT2D eigenvalue weighted by molar-refractivity contribution is 5.91. The van der Waals surface area contributed by atoms with Gasteiger partial charge in [-0.25, -0.2) is 19.2 Å². The topological polar surface area (TPSA) is 239 Å². The van der Waals surface area contributed by atoms with Gasteiger partial charge in [0.05, 0.1) is 25.1 Å². The SMILES string of the molecule is CCCCCC1c2cc(c(O)cc2O)C(CCCCC)c2cc(c(OC(=O)c3ccco3)cc2OC(=O)c2ccco2)C(CCCCC)c2cc(c(O)cc2O)C(CCCCC)c2cc1c(OC(=O)c1ccco1)cc2OC(=O)c1ccco1. The maximum Gasteiger partial charge on any atom is 0.379 e. The average Bonchev–Trinajstić information content (AvgIpc) is 1.51. The maximum absolute atomic E-state index is 14.2. The summed E-state index contributed by atoms with van der Waals surface area (Å²) < 4.78 is 47.5. The van der Waals surface area contributed by atoms with Crippen LogP contribution < -0.4 is 18.9 Å². The van der Waals surface area contributed by atoms with Gasteiger partial charge in [-0.3, -0.25) is 0 Å². The minimum atomic E-state index is -0.862. The van der Waals surface area contributed by atoms with Crippen LogP contribution in [0.4, 0.5) is 0 Å². The van der Waals surface area contributed by atoms with Crippen molar-refractivity contribution in [2.45, 2.75) is 154 Å². The van der Waals surface area contributed by atoms with E-state index < -0.39 is 47.5 Å². The molecular weight excluding hydrogens is 1070 g/mol. The van der Waals surface area contributed by atoms with Gasteiger partial charge in [-0.05, 0) is 98.5 Å². The first kappa shape index (κ1) is 59.7. The second kappa shape index (κ2) is 27.9. The first-order chi connectivity index (χ1) is 40.8. The molecule has 16 nitrogen and oxygen atoms in total. The second-order valence-electron chi connectivity index (χ2n) is 21.5. The third kappa shape index (κ3) is 13.6. The zero-order valence-corrected chi connectivity index (χ0v) is 47.9. The Morgan fingerprint density at radius 3 is 0.762 bits per heavy atom. The fourth-order valence-corrected chi connectivity index (χ4v) is 11.5. The Morgan fingerprint density at radius 1 is 0.333 bits per heavy atom. The molecule has 8 bridgehead atoms. The van der Waals surface area contributed by atoms with E-state index in [1.165, 1.54) is 73.6 Å². The van der Waals surface area contributed by atoms with E-state index in [1.54, 1.807) is 48.5 Å². The predicted molar refractivity (Wildman–Crippen MR) is 311 cm³/mol. The van der Waals surface area contributed by atoms with Crippen LogP contribution >= 0.6 is 0 Å². The number of carbonyl (C=O) groups is 4. The first-order valence-electron chi connectivity index (χ1n) is 29.3. The molecule has 0 aliphatic heterocycles. The molecule has 4 N–H and O–H groups in total. The number of unbranched alkanes of at least 4 members (excludes halogenated alkanes) is 8. The molecule has 16 heteroatoms. The minimum absolute atomic E-state index is 0.0334. The van der Waals surface area contributed by atoms with E-state index in [2.05, 4.69) is 27.7 Å². The first-order valence-corrected chi connectivity index (χ1v) is 29.3. The summed E-state index contributed by atoms with van der Waals surface area (Å²) in [5.74, 6) is -8.38. The number of fused-ring (bicyclic) bond motifs is 8. The van der Waals surface area contributed by atoms with Crippen molar-refractivity contribution in [3.8, 4) is 46.0 Å². The molecule has 0 amide bonds. The van der Waals surface area contributed by atoms with Crippen LogP contribution in [0, 0.1) is 0 Å². The number of aromatic hydroxyl groups is 4. The maximum atomic E-state index is 14.2. The summed E-state index contributed by atoms with van der Waals surface area (Å²) >= 11 is 0. The van der Waals surface area contributed by atoms with Gasteiger partial charge in [0.25, 0.3) is 0 Å². The lowest BCUT2D eigenvalue weighted by atomic mass is 9.76. The van der Waals surface area contributed by atoms with Crippen molar-refractivity contribution in [2.75, 3.05) is 0 Å². The molecule has 4 unspecified atom stereocenters. The van der Waals surface area contributed by atoms with E-state index in [4.69, 9.17) is 36.6 Å². The van der Waals surface area contributed by atoms with Gasteiger partial charge in [-0.1, -0.05) is 105 Å². The summed E-state index contributed by atoms with van der Waals surface area (Å²) in [6, 6.07) is 24.6. The summed E-state index contributed by atoms with van der Waals surface area (Å²) in [7, 11) is 0. The molecule has 0 saturated carbocycles. The van der Waals surface area contributed by atoms with Crippen LogP contribution in [0.25, 0.3) is 0 Å². The van der Waals surface area contributed by atoms with Crippen LogP contribution in [0.2, 0.25) is 0 Å². The van der Waals surface area contributed by atoms with E-state index in [1.807, 2.05) is 0 Å². The van der Waals surface area contributed by atoms with Gasteiger partial charge in [0.2, 0.25) is 23.0 Å². The molecule has 4 aromatic heterocycles. The number of carbonyl (C=O) groups excluding carboxylic acids is 4. The number of phenolic OH excluding ortho intramolecular Hbond substituents is 4. The van der Waals surface area contributed by atoms with Crippen molar-refractivity contribution in [2.24, 2.45) is 0 Å². The number of phenols is 4. The van der Waals surface area contributed by atoms with Gasteiger partial charge < -0.3 is 57.0 Å². The number of furan rings is 4. The van der Waals surface area contributed by atoms with Gasteiger partial charge in [0.15, 0.2) is 0 Å². The van der Waals surface area contributed by atoms with Crippen molar-refractivity contribution in [3.05, 3.63) is 190 Å². The molecule has 0 fully saturated rings. The summed E-state index contributed by atoms with van der Waals surface area (Å²) in [6.45, 7) is 8.26. The Kier molecular flexibility index (Phi) is 19.8. The molecule has 4 aromatic carbocycles. The Balaban J connectivity index is 1.43. The molecule has 440 valence electrons. The zero-order valence-electron chi connectivity index (χ0n) is 47.9. The molecule has 0 saturated heterocycles. The normalized spacial score (nSPS) is 15.6. The van der Waals surface area contributed by atoms with E-state index in [-0.39, 0.29) is 69.0 Å². The lowest BCUT2D eigenvalue weighted by molar-refractivity contribution is 0.0678. The lowest BCUT2D eigenvalue weighted by Crippen LogP contribution is -2.17. The molecular formula is C68H72O16. The molecule has 4 heterocycles. The smallest absolute Gasteiger partial charge is 0.379 e. The van der Waals surface area contributed by atoms with E-state index in [0.29, 0.717) is 95.9 Å². The summed E-state index contributed by atoms with van der Waals surface area (Å²) in [6.07, 6.45) is 15.6. The average molecular weight is 1150 g/mol. The fourth-order valence-electron chi connectivity index (χ4n) is 11.5. The third-order valence-electron chi connectivity index (χ3n) is 15.7. The van der Waals surface area contributed by atoms with Crippen LogP contribution in [0.15, 0.2) is 140 Å². The third-order valence-corrected chi connectivity index (χ3v) is 15.7. The van der Waals surface area contributed by atoms with Crippen molar-refractivity contribution >= 4 is 23.9 Å².